The van der Waals surface area contributed by atoms with Crippen LogP contribution in [0.3, 0.4) is 0 Å². The summed E-state index contributed by atoms with van der Waals surface area (Å²) in [5.74, 6) is 0.407. The van der Waals surface area contributed by atoms with Gasteiger partial charge >= 0.3 is 0 Å². The predicted molar refractivity (Wildman–Crippen MR) is 78.4 cm³/mol. The van der Waals surface area contributed by atoms with Gasteiger partial charge in [-0.25, -0.2) is 0 Å². The minimum Gasteiger partial charge on any atom is -0.346 e. The summed E-state index contributed by atoms with van der Waals surface area (Å²) in [7, 11) is 0. The molecule has 6 nitrogen and oxygen atoms in total. The molecule has 21 heavy (non-hydrogen) atoms. The average molecular weight is 281 g/mol. The molecule has 0 saturated heterocycles. The Morgan fingerprint density at radius 2 is 2.05 bits per heavy atom. The maximum absolute atomic E-state index is 12.2. The largest absolute Gasteiger partial charge is 0.346 e. The maximum atomic E-state index is 12.2. The third-order valence-electron chi connectivity index (χ3n) is 3.36. The van der Waals surface area contributed by atoms with Crippen molar-refractivity contribution >= 4 is 16.7 Å². The molecule has 0 aliphatic carbocycles. The summed E-state index contributed by atoms with van der Waals surface area (Å²) in [6, 6.07) is 13.7. The standard InChI is InChI=1S/C15H15N5O/c1-10(15-17-19-20-18-15)16-14(21)9-12-7-4-6-11-5-2-3-8-13(11)12/h2-8,10H,9H2,1H3,(H,16,21)(H,17,18,19,20). The van der Waals surface area contributed by atoms with Crippen molar-refractivity contribution in [1.29, 1.82) is 0 Å². The number of amides is 1. The number of aromatic amines is 1. The molecule has 3 rings (SSSR count). The minimum atomic E-state index is -0.272. The van der Waals surface area contributed by atoms with Crippen LogP contribution in [-0.4, -0.2) is 26.5 Å². The minimum absolute atomic E-state index is 0.0661. The highest BCUT2D eigenvalue weighted by Crippen LogP contribution is 2.19. The van der Waals surface area contributed by atoms with Crippen molar-refractivity contribution in [2.24, 2.45) is 0 Å². The molecule has 0 spiro atoms. The molecule has 2 N–H and O–H groups in total. The summed E-state index contributed by atoms with van der Waals surface area (Å²) in [6.07, 6.45) is 0.323. The van der Waals surface area contributed by atoms with Gasteiger partial charge in [-0.05, 0) is 23.3 Å². The van der Waals surface area contributed by atoms with E-state index in [0.29, 0.717) is 12.2 Å². The van der Waals surface area contributed by atoms with Gasteiger partial charge in [-0.15, -0.1) is 10.2 Å². The van der Waals surface area contributed by atoms with E-state index in [9.17, 15) is 4.79 Å². The van der Waals surface area contributed by atoms with Crippen LogP contribution in [-0.2, 0) is 11.2 Å². The molecule has 0 radical (unpaired) electrons. The zero-order chi connectivity index (χ0) is 14.7. The number of rotatable bonds is 4. The van der Waals surface area contributed by atoms with Gasteiger partial charge in [0.05, 0.1) is 12.5 Å². The number of tetrazole rings is 1. The Morgan fingerprint density at radius 3 is 2.86 bits per heavy atom. The Labute approximate surface area is 121 Å². The summed E-state index contributed by atoms with van der Waals surface area (Å²) in [6.45, 7) is 1.83. The molecule has 0 aliphatic heterocycles. The third-order valence-corrected chi connectivity index (χ3v) is 3.36. The van der Waals surface area contributed by atoms with Crippen molar-refractivity contribution in [2.45, 2.75) is 19.4 Å². The summed E-state index contributed by atoms with van der Waals surface area (Å²) < 4.78 is 0. The second kappa shape index (κ2) is 5.70. The lowest BCUT2D eigenvalue weighted by Gasteiger charge is -2.11. The van der Waals surface area contributed by atoms with Crippen LogP contribution >= 0.6 is 0 Å². The van der Waals surface area contributed by atoms with Crippen LogP contribution in [0.2, 0.25) is 0 Å². The van der Waals surface area contributed by atoms with Crippen LogP contribution in [0, 0.1) is 0 Å². The molecule has 1 unspecified atom stereocenters. The van der Waals surface area contributed by atoms with Crippen molar-refractivity contribution in [3.8, 4) is 0 Å². The second-order valence-corrected chi connectivity index (χ2v) is 4.87. The van der Waals surface area contributed by atoms with Gasteiger partial charge in [0.2, 0.25) is 5.91 Å². The molecule has 0 fully saturated rings. The van der Waals surface area contributed by atoms with E-state index in [1.807, 2.05) is 49.4 Å². The molecule has 1 aromatic heterocycles. The molecule has 6 heteroatoms. The molecule has 2 aromatic carbocycles. The first kappa shape index (κ1) is 13.2. The molecule has 1 amide bonds. The SMILES string of the molecule is CC(NC(=O)Cc1cccc2ccccc12)c1nn[nH]n1. The topological polar surface area (TPSA) is 83.6 Å². The highest BCUT2D eigenvalue weighted by molar-refractivity contribution is 5.90. The first-order chi connectivity index (χ1) is 10.2. The van der Waals surface area contributed by atoms with Gasteiger partial charge in [-0.1, -0.05) is 47.7 Å². The molecule has 0 saturated carbocycles. The van der Waals surface area contributed by atoms with Crippen molar-refractivity contribution in [3.63, 3.8) is 0 Å². The first-order valence-electron chi connectivity index (χ1n) is 6.73. The Balaban J connectivity index is 1.75. The van der Waals surface area contributed by atoms with Gasteiger partial charge in [0, 0.05) is 0 Å². The monoisotopic (exact) mass is 281 g/mol. The Hall–Kier alpha value is -2.76. The van der Waals surface area contributed by atoms with Gasteiger partial charge in [-0.3, -0.25) is 4.79 Å². The lowest BCUT2D eigenvalue weighted by Crippen LogP contribution is -2.28. The Kier molecular flexibility index (Phi) is 3.59. The van der Waals surface area contributed by atoms with E-state index >= 15 is 0 Å². The van der Waals surface area contributed by atoms with E-state index in [0.717, 1.165) is 16.3 Å². The van der Waals surface area contributed by atoms with E-state index in [1.54, 1.807) is 0 Å². The van der Waals surface area contributed by atoms with Crippen molar-refractivity contribution in [3.05, 3.63) is 53.9 Å². The van der Waals surface area contributed by atoms with Crippen LogP contribution in [0.4, 0.5) is 0 Å². The van der Waals surface area contributed by atoms with Gasteiger partial charge in [0.1, 0.15) is 0 Å². The molecule has 0 aliphatic rings. The Bertz CT molecular complexity index is 748. The zero-order valence-corrected chi connectivity index (χ0v) is 11.6. The third kappa shape index (κ3) is 2.89. The molecule has 1 heterocycles. The predicted octanol–water partition coefficient (Wildman–Crippen LogP) is 1.77. The molecule has 1 atom stereocenters. The van der Waals surface area contributed by atoms with Crippen molar-refractivity contribution in [1.82, 2.24) is 25.9 Å². The van der Waals surface area contributed by atoms with Crippen molar-refractivity contribution in [2.75, 3.05) is 0 Å². The lowest BCUT2D eigenvalue weighted by molar-refractivity contribution is -0.121. The number of hydrogen-bond acceptors (Lipinski definition) is 4. The van der Waals surface area contributed by atoms with Crippen LogP contribution in [0.5, 0.6) is 0 Å². The van der Waals surface area contributed by atoms with E-state index in [2.05, 4.69) is 25.9 Å². The van der Waals surface area contributed by atoms with E-state index < -0.39 is 0 Å². The Morgan fingerprint density at radius 1 is 1.24 bits per heavy atom. The highest BCUT2D eigenvalue weighted by Gasteiger charge is 2.14. The molecule has 106 valence electrons. The number of aromatic nitrogens is 4. The molecular weight excluding hydrogens is 266 g/mol. The van der Waals surface area contributed by atoms with E-state index in [4.69, 9.17) is 0 Å². The van der Waals surface area contributed by atoms with Gasteiger partial charge in [0.15, 0.2) is 5.82 Å². The van der Waals surface area contributed by atoms with Gasteiger partial charge < -0.3 is 5.32 Å². The second-order valence-electron chi connectivity index (χ2n) is 4.87. The van der Waals surface area contributed by atoms with Crippen LogP contribution in [0.1, 0.15) is 24.4 Å². The number of H-pyrrole nitrogens is 1. The molecule has 3 aromatic rings. The fourth-order valence-corrected chi connectivity index (χ4v) is 2.33. The number of benzene rings is 2. The van der Waals surface area contributed by atoms with E-state index in [1.165, 1.54) is 0 Å². The molecule has 0 bridgehead atoms. The van der Waals surface area contributed by atoms with Crippen LogP contribution in [0.15, 0.2) is 42.5 Å². The number of nitrogens with zero attached hydrogens (tertiary/aromatic N) is 3. The van der Waals surface area contributed by atoms with E-state index in [-0.39, 0.29) is 11.9 Å². The first-order valence-corrected chi connectivity index (χ1v) is 6.73. The van der Waals surface area contributed by atoms with Crippen molar-refractivity contribution < 1.29 is 4.79 Å². The lowest BCUT2D eigenvalue weighted by atomic mass is 10.0. The number of nitrogens with one attached hydrogen (secondary N) is 2. The normalized spacial score (nSPS) is 12.2. The van der Waals surface area contributed by atoms with Crippen LogP contribution in [0.25, 0.3) is 10.8 Å². The number of hydrogen-bond donors (Lipinski definition) is 2. The fraction of sp³-hybridized carbons (Fsp3) is 0.200. The number of carbonyl (C=O) groups excluding carboxylic acids is 1. The summed E-state index contributed by atoms with van der Waals surface area (Å²) in [5, 5.41) is 18.7. The summed E-state index contributed by atoms with van der Waals surface area (Å²) in [4.78, 5) is 12.2. The average Bonchev–Trinajstić information content (AvgIpc) is 3.02. The number of carbonyl (C=O) groups is 1. The fourth-order valence-electron chi connectivity index (χ4n) is 2.33. The quantitative estimate of drug-likeness (QED) is 0.763. The highest BCUT2D eigenvalue weighted by atomic mass is 16.1. The maximum Gasteiger partial charge on any atom is 0.225 e. The van der Waals surface area contributed by atoms with Gasteiger partial charge in [0.25, 0.3) is 0 Å². The molecular formula is C15H15N5O. The summed E-state index contributed by atoms with van der Waals surface area (Å²) >= 11 is 0. The smallest absolute Gasteiger partial charge is 0.225 e. The van der Waals surface area contributed by atoms with Gasteiger partial charge in [-0.2, -0.15) is 5.21 Å². The van der Waals surface area contributed by atoms with Crippen LogP contribution < -0.4 is 5.32 Å². The zero-order valence-electron chi connectivity index (χ0n) is 11.6. The summed E-state index contributed by atoms with van der Waals surface area (Å²) in [5.41, 5.74) is 1.01. The number of fused-ring (bicyclic) bond motifs is 1.